The van der Waals surface area contributed by atoms with Crippen molar-refractivity contribution in [1.82, 2.24) is 9.97 Å². The minimum absolute atomic E-state index is 0.776. The molecule has 0 radical (unpaired) electrons. The molecule has 2 aromatic rings. The molecule has 1 aromatic carbocycles. The number of nitrogens with zero attached hydrogens (tertiary/aromatic N) is 3. The number of benzene rings is 1. The molecule has 2 heterocycles. The zero-order chi connectivity index (χ0) is 14.5. The Bertz CT molecular complexity index is 579. The Morgan fingerprint density at radius 3 is 2.62 bits per heavy atom. The van der Waals surface area contributed by atoms with Crippen molar-refractivity contribution in [1.29, 1.82) is 0 Å². The van der Waals surface area contributed by atoms with Crippen LogP contribution < -0.4 is 10.2 Å². The minimum Gasteiger partial charge on any atom is -0.370 e. The SMILES string of the molecule is Clc1ccc(CCNc2cc(N3CCCC3)ncn2)cc1. The number of hydrogen-bond donors (Lipinski definition) is 1. The summed E-state index contributed by atoms with van der Waals surface area (Å²) in [5.41, 5.74) is 1.26. The van der Waals surface area contributed by atoms with Crippen LogP contribution >= 0.6 is 11.6 Å². The third-order valence-corrected chi connectivity index (χ3v) is 3.97. The van der Waals surface area contributed by atoms with Crippen molar-refractivity contribution in [3.8, 4) is 0 Å². The third kappa shape index (κ3) is 3.85. The molecule has 4 nitrogen and oxygen atoms in total. The number of anilines is 2. The fourth-order valence-electron chi connectivity index (χ4n) is 2.55. The van der Waals surface area contributed by atoms with Crippen molar-refractivity contribution >= 4 is 23.2 Å². The van der Waals surface area contributed by atoms with Crippen LogP contribution in [0.2, 0.25) is 5.02 Å². The first-order valence-electron chi connectivity index (χ1n) is 7.36. The predicted octanol–water partition coefficient (Wildman–Crippen LogP) is 3.38. The maximum atomic E-state index is 5.88. The lowest BCUT2D eigenvalue weighted by molar-refractivity contribution is 0.923. The van der Waals surface area contributed by atoms with Crippen LogP contribution in [0.3, 0.4) is 0 Å². The summed E-state index contributed by atoms with van der Waals surface area (Å²) < 4.78 is 0. The molecule has 0 aliphatic carbocycles. The second-order valence-corrected chi connectivity index (χ2v) is 5.70. The molecule has 3 rings (SSSR count). The lowest BCUT2D eigenvalue weighted by atomic mass is 10.1. The van der Waals surface area contributed by atoms with Gasteiger partial charge in [0.05, 0.1) is 0 Å². The highest BCUT2D eigenvalue weighted by molar-refractivity contribution is 6.30. The monoisotopic (exact) mass is 302 g/mol. The van der Waals surface area contributed by atoms with Crippen LogP contribution in [0.15, 0.2) is 36.7 Å². The number of halogens is 1. The molecule has 110 valence electrons. The fourth-order valence-corrected chi connectivity index (χ4v) is 2.67. The summed E-state index contributed by atoms with van der Waals surface area (Å²) in [6.07, 6.45) is 5.09. The van der Waals surface area contributed by atoms with Gasteiger partial charge in [0.1, 0.15) is 18.0 Å². The zero-order valence-electron chi connectivity index (χ0n) is 11.9. The molecule has 0 saturated carbocycles. The van der Waals surface area contributed by atoms with Gasteiger partial charge in [-0.15, -0.1) is 0 Å². The van der Waals surface area contributed by atoms with Crippen LogP contribution in [0.1, 0.15) is 18.4 Å². The number of nitrogens with one attached hydrogen (secondary N) is 1. The summed E-state index contributed by atoms with van der Waals surface area (Å²) in [7, 11) is 0. The van der Waals surface area contributed by atoms with Crippen molar-refractivity contribution < 1.29 is 0 Å². The summed E-state index contributed by atoms with van der Waals surface area (Å²) >= 11 is 5.88. The Hall–Kier alpha value is -1.81. The van der Waals surface area contributed by atoms with Crippen LogP contribution in [-0.4, -0.2) is 29.6 Å². The Morgan fingerprint density at radius 2 is 1.86 bits per heavy atom. The number of rotatable bonds is 5. The second-order valence-electron chi connectivity index (χ2n) is 5.26. The molecule has 1 aliphatic rings. The van der Waals surface area contributed by atoms with Gasteiger partial charge in [-0.3, -0.25) is 0 Å². The summed E-state index contributed by atoms with van der Waals surface area (Å²) in [5.74, 6) is 1.91. The highest BCUT2D eigenvalue weighted by atomic mass is 35.5. The minimum atomic E-state index is 0.776. The second kappa shape index (κ2) is 6.76. The average molecular weight is 303 g/mol. The molecule has 1 saturated heterocycles. The molecule has 0 unspecified atom stereocenters. The molecule has 1 N–H and O–H groups in total. The molecule has 1 fully saturated rings. The van der Waals surface area contributed by atoms with Crippen molar-refractivity contribution in [2.45, 2.75) is 19.3 Å². The molecular formula is C16H19ClN4. The predicted molar refractivity (Wildman–Crippen MR) is 87.1 cm³/mol. The van der Waals surface area contributed by atoms with Gasteiger partial charge in [-0.25, -0.2) is 9.97 Å². The van der Waals surface area contributed by atoms with Gasteiger partial charge in [0.15, 0.2) is 0 Å². The molecule has 1 aromatic heterocycles. The van der Waals surface area contributed by atoms with Gasteiger partial charge < -0.3 is 10.2 Å². The largest absolute Gasteiger partial charge is 0.370 e. The molecule has 0 spiro atoms. The first-order chi connectivity index (χ1) is 10.3. The van der Waals surface area contributed by atoms with Gasteiger partial charge in [-0.2, -0.15) is 0 Å². The van der Waals surface area contributed by atoms with E-state index in [2.05, 4.69) is 32.3 Å². The Labute approximate surface area is 130 Å². The quantitative estimate of drug-likeness (QED) is 0.919. The van der Waals surface area contributed by atoms with Crippen LogP contribution in [0.5, 0.6) is 0 Å². The van der Waals surface area contributed by atoms with Crippen LogP contribution in [0, 0.1) is 0 Å². The van der Waals surface area contributed by atoms with Crippen LogP contribution in [0.25, 0.3) is 0 Å². The van der Waals surface area contributed by atoms with E-state index < -0.39 is 0 Å². The third-order valence-electron chi connectivity index (χ3n) is 3.72. The molecule has 5 heteroatoms. The smallest absolute Gasteiger partial charge is 0.134 e. The van der Waals surface area contributed by atoms with Gasteiger partial charge in [0.2, 0.25) is 0 Å². The Kier molecular flexibility index (Phi) is 4.55. The summed E-state index contributed by atoms with van der Waals surface area (Å²) in [4.78, 5) is 11.0. The van der Waals surface area contributed by atoms with Crippen molar-refractivity contribution in [2.24, 2.45) is 0 Å². The molecule has 21 heavy (non-hydrogen) atoms. The van der Waals surface area contributed by atoms with Gasteiger partial charge >= 0.3 is 0 Å². The molecule has 0 amide bonds. The Balaban J connectivity index is 1.55. The van der Waals surface area contributed by atoms with Crippen LogP contribution in [0.4, 0.5) is 11.6 Å². The number of hydrogen-bond acceptors (Lipinski definition) is 4. The van der Waals surface area contributed by atoms with Gasteiger partial charge in [-0.1, -0.05) is 23.7 Å². The zero-order valence-corrected chi connectivity index (χ0v) is 12.7. The first-order valence-corrected chi connectivity index (χ1v) is 7.74. The average Bonchev–Trinajstić information content (AvgIpc) is 3.04. The highest BCUT2D eigenvalue weighted by Crippen LogP contribution is 2.19. The lowest BCUT2D eigenvalue weighted by Crippen LogP contribution is -2.19. The summed E-state index contributed by atoms with van der Waals surface area (Å²) in [6.45, 7) is 3.04. The van der Waals surface area contributed by atoms with E-state index in [1.807, 2.05) is 18.2 Å². The van der Waals surface area contributed by atoms with E-state index in [-0.39, 0.29) is 0 Å². The van der Waals surface area contributed by atoms with E-state index in [0.717, 1.165) is 42.7 Å². The van der Waals surface area contributed by atoms with Crippen molar-refractivity contribution in [3.05, 3.63) is 47.2 Å². The van der Waals surface area contributed by atoms with E-state index in [0.29, 0.717) is 0 Å². The first kappa shape index (κ1) is 14.1. The summed E-state index contributed by atoms with van der Waals surface area (Å²) in [5, 5.41) is 4.14. The number of aromatic nitrogens is 2. The Morgan fingerprint density at radius 1 is 1.10 bits per heavy atom. The topological polar surface area (TPSA) is 41.0 Å². The molecule has 1 aliphatic heterocycles. The van der Waals surface area contributed by atoms with Gasteiger partial charge in [-0.05, 0) is 37.0 Å². The van der Waals surface area contributed by atoms with Crippen molar-refractivity contribution in [2.75, 3.05) is 29.9 Å². The van der Waals surface area contributed by atoms with E-state index in [1.54, 1.807) is 6.33 Å². The maximum absolute atomic E-state index is 5.88. The van der Waals surface area contributed by atoms with Gasteiger partial charge in [0, 0.05) is 30.7 Å². The maximum Gasteiger partial charge on any atom is 0.134 e. The summed E-state index contributed by atoms with van der Waals surface area (Å²) in [6, 6.07) is 9.99. The standard InChI is InChI=1S/C16H19ClN4/c17-14-5-3-13(4-6-14)7-8-18-15-11-16(20-12-19-15)21-9-1-2-10-21/h3-6,11-12H,1-2,7-10H2,(H,18,19,20). The van der Waals surface area contributed by atoms with Crippen LogP contribution in [-0.2, 0) is 6.42 Å². The van der Waals surface area contributed by atoms with E-state index in [1.165, 1.54) is 18.4 Å². The fraction of sp³-hybridized carbons (Fsp3) is 0.375. The lowest BCUT2D eigenvalue weighted by Gasteiger charge is -2.16. The highest BCUT2D eigenvalue weighted by Gasteiger charge is 2.13. The van der Waals surface area contributed by atoms with E-state index >= 15 is 0 Å². The molecular weight excluding hydrogens is 284 g/mol. The normalized spacial score (nSPS) is 14.4. The molecule has 0 atom stereocenters. The van der Waals surface area contributed by atoms with Crippen molar-refractivity contribution in [3.63, 3.8) is 0 Å². The van der Waals surface area contributed by atoms with E-state index in [4.69, 9.17) is 11.6 Å². The van der Waals surface area contributed by atoms with E-state index in [9.17, 15) is 0 Å². The van der Waals surface area contributed by atoms with Gasteiger partial charge in [0.25, 0.3) is 0 Å². The molecule has 0 bridgehead atoms.